The topological polar surface area (TPSA) is 75.4 Å². The van der Waals surface area contributed by atoms with Crippen LogP contribution >= 0.6 is 23.7 Å². The summed E-state index contributed by atoms with van der Waals surface area (Å²) >= 11 is 1.38. The van der Waals surface area contributed by atoms with Crippen molar-refractivity contribution in [3.63, 3.8) is 0 Å². The van der Waals surface area contributed by atoms with Crippen molar-refractivity contribution in [1.82, 2.24) is 10.2 Å². The first-order chi connectivity index (χ1) is 13.0. The zero-order chi connectivity index (χ0) is 19.2. The highest BCUT2D eigenvalue weighted by Crippen LogP contribution is 2.20. The second-order valence-corrected chi connectivity index (χ2v) is 8.19. The van der Waals surface area contributed by atoms with Crippen LogP contribution in [-0.2, 0) is 11.2 Å². The SMILES string of the molecule is CC(N)C1CCCN(C(=O)C(Cc2ccccc2)NC(=O)c2cccs2)C1.Cl. The molecule has 0 saturated carbocycles. The monoisotopic (exact) mass is 421 g/mol. The summed E-state index contributed by atoms with van der Waals surface area (Å²) in [7, 11) is 0. The fraction of sp³-hybridized carbons (Fsp3) is 0.429. The lowest BCUT2D eigenvalue weighted by Crippen LogP contribution is -2.53. The maximum absolute atomic E-state index is 13.2. The quantitative estimate of drug-likeness (QED) is 0.752. The van der Waals surface area contributed by atoms with Gasteiger partial charge >= 0.3 is 0 Å². The summed E-state index contributed by atoms with van der Waals surface area (Å²) in [6.45, 7) is 3.39. The van der Waals surface area contributed by atoms with Crippen LogP contribution < -0.4 is 11.1 Å². The van der Waals surface area contributed by atoms with Crippen LogP contribution in [0.4, 0.5) is 0 Å². The van der Waals surface area contributed by atoms with E-state index in [9.17, 15) is 9.59 Å². The normalized spacial score (nSPS) is 18.6. The minimum absolute atomic E-state index is 0. The van der Waals surface area contributed by atoms with Crippen LogP contribution in [0.5, 0.6) is 0 Å². The van der Waals surface area contributed by atoms with Gasteiger partial charge in [-0.3, -0.25) is 9.59 Å². The Morgan fingerprint density at radius 2 is 2.00 bits per heavy atom. The Bertz CT molecular complexity index is 752. The van der Waals surface area contributed by atoms with Crippen LogP contribution in [0.25, 0.3) is 0 Å². The van der Waals surface area contributed by atoms with Crippen molar-refractivity contribution in [2.75, 3.05) is 13.1 Å². The standard InChI is InChI=1S/C21H27N3O2S.ClH/c1-15(22)17-9-5-11-24(14-17)21(26)18(13-16-7-3-2-4-8-16)23-20(25)19-10-6-12-27-19;/h2-4,6-8,10,12,15,17-18H,5,9,11,13-14,22H2,1H3,(H,23,25);1H. The predicted octanol–water partition coefficient (Wildman–Crippen LogP) is 3.10. The minimum atomic E-state index is -0.575. The van der Waals surface area contributed by atoms with Crippen LogP contribution in [0.3, 0.4) is 0 Å². The molecule has 3 N–H and O–H groups in total. The van der Waals surface area contributed by atoms with Gasteiger partial charge in [-0.1, -0.05) is 36.4 Å². The number of rotatable bonds is 6. The Kier molecular flexibility index (Phi) is 8.48. The third-order valence-corrected chi connectivity index (χ3v) is 6.01. The maximum atomic E-state index is 13.2. The van der Waals surface area contributed by atoms with Crippen molar-refractivity contribution in [1.29, 1.82) is 0 Å². The number of nitrogens with two attached hydrogens (primary N) is 1. The van der Waals surface area contributed by atoms with Gasteiger partial charge in [-0.25, -0.2) is 0 Å². The molecule has 0 bridgehead atoms. The predicted molar refractivity (Wildman–Crippen MR) is 116 cm³/mol. The molecule has 0 spiro atoms. The molecule has 3 atom stereocenters. The molecule has 2 amide bonds. The third-order valence-electron chi connectivity index (χ3n) is 5.14. The van der Waals surface area contributed by atoms with Gasteiger partial charge in [0, 0.05) is 25.6 Å². The highest BCUT2D eigenvalue weighted by Gasteiger charge is 2.31. The zero-order valence-electron chi connectivity index (χ0n) is 16.0. The van der Waals surface area contributed by atoms with Crippen molar-refractivity contribution >= 4 is 35.6 Å². The van der Waals surface area contributed by atoms with Crippen LogP contribution in [0.1, 0.15) is 35.0 Å². The summed E-state index contributed by atoms with van der Waals surface area (Å²) in [6, 6.07) is 12.9. The average molecular weight is 422 g/mol. The molecular formula is C21H28ClN3O2S. The highest BCUT2D eigenvalue weighted by molar-refractivity contribution is 7.12. The lowest BCUT2D eigenvalue weighted by Gasteiger charge is -2.36. The second-order valence-electron chi connectivity index (χ2n) is 7.24. The minimum Gasteiger partial charge on any atom is -0.341 e. The van der Waals surface area contributed by atoms with Gasteiger partial charge in [0.2, 0.25) is 5.91 Å². The van der Waals surface area contributed by atoms with Gasteiger partial charge in [0.15, 0.2) is 0 Å². The van der Waals surface area contributed by atoms with Crippen molar-refractivity contribution in [2.24, 2.45) is 11.7 Å². The molecule has 7 heteroatoms. The molecule has 1 saturated heterocycles. The van der Waals surface area contributed by atoms with Gasteiger partial charge in [-0.2, -0.15) is 0 Å². The number of carbonyl (C=O) groups excluding carboxylic acids is 2. The number of hydrogen-bond acceptors (Lipinski definition) is 4. The lowest BCUT2D eigenvalue weighted by molar-refractivity contribution is -0.135. The van der Waals surface area contributed by atoms with Gasteiger partial charge < -0.3 is 16.0 Å². The van der Waals surface area contributed by atoms with Gasteiger partial charge in [-0.15, -0.1) is 23.7 Å². The molecule has 1 aromatic heterocycles. The summed E-state index contributed by atoms with van der Waals surface area (Å²) in [4.78, 5) is 28.3. The van der Waals surface area contributed by atoms with Crippen molar-refractivity contribution < 1.29 is 9.59 Å². The number of nitrogens with zero attached hydrogens (tertiary/aromatic N) is 1. The molecule has 2 heterocycles. The number of hydrogen-bond donors (Lipinski definition) is 2. The van der Waals surface area contributed by atoms with E-state index in [1.54, 1.807) is 6.07 Å². The van der Waals surface area contributed by atoms with Gasteiger partial charge in [0.1, 0.15) is 6.04 Å². The van der Waals surface area contributed by atoms with E-state index in [4.69, 9.17) is 5.73 Å². The number of piperidine rings is 1. The molecule has 0 aliphatic carbocycles. The molecule has 3 rings (SSSR count). The second kappa shape index (κ2) is 10.6. The molecule has 152 valence electrons. The summed E-state index contributed by atoms with van der Waals surface area (Å²) in [6.07, 6.45) is 2.48. The summed E-state index contributed by atoms with van der Waals surface area (Å²) in [5, 5.41) is 4.82. The van der Waals surface area contributed by atoms with E-state index in [-0.39, 0.29) is 30.3 Å². The van der Waals surface area contributed by atoms with Crippen LogP contribution in [-0.4, -0.2) is 41.9 Å². The van der Waals surface area contributed by atoms with Gasteiger partial charge in [0.25, 0.3) is 5.91 Å². The number of carbonyl (C=O) groups is 2. The molecule has 28 heavy (non-hydrogen) atoms. The number of thiophene rings is 1. The first-order valence-corrected chi connectivity index (χ1v) is 10.3. The lowest BCUT2D eigenvalue weighted by atomic mass is 9.91. The number of nitrogens with one attached hydrogen (secondary N) is 1. The summed E-state index contributed by atoms with van der Waals surface area (Å²) < 4.78 is 0. The first kappa shape index (κ1) is 22.4. The first-order valence-electron chi connectivity index (χ1n) is 9.47. The number of benzene rings is 1. The van der Waals surface area contributed by atoms with E-state index in [1.807, 2.05) is 53.6 Å². The smallest absolute Gasteiger partial charge is 0.262 e. The van der Waals surface area contributed by atoms with Crippen LogP contribution in [0.2, 0.25) is 0 Å². The van der Waals surface area contributed by atoms with Gasteiger partial charge in [-0.05, 0) is 42.7 Å². The number of likely N-dealkylation sites (tertiary alicyclic amines) is 1. The molecule has 0 radical (unpaired) electrons. The fourth-order valence-electron chi connectivity index (χ4n) is 3.55. The molecule has 3 unspecified atom stereocenters. The summed E-state index contributed by atoms with van der Waals surface area (Å²) in [5.74, 6) is 0.0993. The Balaban J connectivity index is 0.00000280. The number of amides is 2. The fourth-order valence-corrected chi connectivity index (χ4v) is 4.17. The molecule has 2 aromatic rings. The molecule has 1 fully saturated rings. The highest BCUT2D eigenvalue weighted by atomic mass is 35.5. The largest absolute Gasteiger partial charge is 0.341 e. The van der Waals surface area contributed by atoms with E-state index in [0.717, 1.165) is 24.9 Å². The Morgan fingerprint density at radius 3 is 2.64 bits per heavy atom. The van der Waals surface area contributed by atoms with Gasteiger partial charge in [0.05, 0.1) is 4.88 Å². The number of halogens is 1. The van der Waals surface area contributed by atoms with E-state index in [2.05, 4.69) is 5.32 Å². The molecule has 1 aliphatic rings. The van der Waals surface area contributed by atoms with E-state index in [1.165, 1.54) is 11.3 Å². The summed E-state index contributed by atoms with van der Waals surface area (Å²) in [5.41, 5.74) is 7.10. The third kappa shape index (κ3) is 5.80. The van der Waals surface area contributed by atoms with Crippen LogP contribution in [0.15, 0.2) is 47.8 Å². The maximum Gasteiger partial charge on any atom is 0.262 e. The Hall–Kier alpha value is -1.89. The van der Waals surface area contributed by atoms with E-state index in [0.29, 0.717) is 23.8 Å². The molecular weight excluding hydrogens is 394 g/mol. The van der Waals surface area contributed by atoms with E-state index >= 15 is 0 Å². The molecule has 5 nitrogen and oxygen atoms in total. The van der Waals surface area contributed by atoms with Crippen molar-refractivity contribution in [3.8, 4) is 0 Å². The molecule has 1 aromatic carbocycles. The van der Waals surface area contributed by atoms with E-state index < -0.39 is 6.04 Å². The Labute approximate surface area is 176 Å². The zero-order valence-corrected chi connectivity index (χ0v) is 17.7. The van der Waals surface area contributed by atoms with Crippen molar-refractivity contribution in [2.45, 2.75) is 38.3 Å². The average Bonchev–Trinajstić information content (AvgIpc) is 3.23. The Morgan fingerprint density at radius 1 is 1.25 bits per heavy atom. The van der Waals surface area contributed by atoms with Crippen molar-refractivity contribution in [3.05, 3.63) is 58.3 Å². The molecule has 1 aliphatic heterocycles. The van der Waals surface area contributed by atoms with Crippen LogP contribution in [0, 0.1) is 5.92 Å².